The normalized spacial score (nSPS) is 14.3. The summed E-state index contributed by atoms with van der Waals surface area (Å²) in [5.74, 6) is -1.31. The molecular weight excluding hydrogens is 394 g/mol. The van der Waals surface area contributed by atoms with Crippen LogP contribution in [-0.4, -0.2) is 39.0 Å². The van der Waals surface area contributed by atoms with E-state index < -0.39 is 17.8 Å². The number of hydrogen-bond acceptors (Lipinski definition) is 6. The van der Waals surface area contributed by atoms with Gasteiger partial charge in [-0.15, -0.1) is 0 Å². The molecule has 2 aromatic rings. The maximum Gasteiger partial charge on any atom is 0.354 e. The number of amides is 4. The first-order valence-electron chi connectivity index (χ1n) is 8.14. The Morgan fingerprint density at radius 3 is 1.79 bits per heavy atom. The van der Waals surface area contributed by atoms with Gasteiger partial charge in [0.25, 0.3) is 11.8 Å². The van der Waals surface area contributed by atoms with Gasteiger partial charge < -0.3 is 0 Å². The average Bonchev–Trinajstić information content (AvgIpc) is 2.72. The molecule has 140 valence electrons. The second kappa shape index (κ2) is 8.33. The Morgan fingerprint density at radius 2 is 1.32 bits per heavy atom. The van der Waals surface area contributed by atoms with Crippen molar-refractivity contribution in [2.24, 2.45) is 0 Å². The molecular formula is C20H15N3O3S2. The Hall–Kier alpha value is -3.02. The molecule has 0 N–H and O–H groups in total. The van der Waals surface area contributed by atoms with Crippen LogP contribution in [0.1, 0.15) is 16.7 Å². The predicted molar refractivity (Wildman–Crippen MR) is 110 cm³/mol. The molecule has 1 saturated heterocycles. The molecule has 0 radical (unpaired) electrons. The minimum Gasteiger partial charge on any atom is -0.267 e. The van der Waals surface area contributed by atoms with E-state index in [1.165, 1.54) is 0 Å². The number of imide groups is 2. The van der Waals surface area contributed by atoms with Crippen LogP contribution in [-0.2, 0) is 9.59 Å². The Balaban J connectivity index is 2.31. The smallest absolute Gasteiger partial charge is 0.267 e. The maximum absolute atomic E-state index is 13.1. The number of rotatable bonds is 4. The van der Waals surface area contributed by atoms with Gasteiger partial charge >= 0.3 is 6.03 Å². The van der Waals surface area contributed by atoms with Crippen LogP contribution in [0.15, 0.2) is 60.2 Å². The molecule has 0 spiro atoms. The molecule has 3 rings (SSSR count). The van der Waals surface area contributed by atoms with Crippen LogP contribution in [0.5, 0.6) is 0 Å². The molecule has 1 heterocycles. The zero-order chi connectivity index (χ0) is 20.3. The van der Waals surface area contributed by atoms with Gasteiger partial charge in [-0.2, -0.15) is 13.9 Å². The van der Waals surface area contributed by atoms with Gasteiger partial charge in [0.2, 0.25) is 0 Å². The number of barbiturate groups is 1. The van der Waals surface area contributed by atoms with Crippen LogP contribution >= 0.6 is 23.9 Å². The SMILES string of the molecule is CSN1C(=O)C(=C(c2ccccc2)c2ccc(C#N)cc2)C(=O)N(SC)C1=O. The van der Waals surface area contributed by atoms with E-state index >= 15 is 0 Å². The molecule has 8 heteroatoms. The summed E-state index contributed by atoms with van der Waals surface area (Å²) in [7, 11) is 0. The van der Waals surface area contributed by atoms with Crippen LogP contribution in [0.2, 0.25) is 0 Å². The van der Waals surface area contributed by atoms with Crippen molar-refractivity contribution < 1.29 is 14.4 Å². The summed E-state index contributed by atoms with van der Waals surface area (Å²) in [5.41, 5.74) is 2.08. The average molecular weight is 409 g/mol. The fraction of sp³-hybridized carbons (Fsp3) is 0.100. The number of urea groups is 1. The molecule has 28 heavy (non-hydrogen) atoms. The zero-order valence-corrected chi connectivity index (χ0v) is 16.7. The summed E-state index contributed by atoms with van der Waals surface area (Å²) in [6.45, 7) is 0. The highest BCUT2D eigenvalue weighted by molar-refractivity contribution is 7.98. The second-order valence-electron chi connectivity index (χ2n) is 5.65. The number of hydrogen-bond donors (Lipinski definition) is 0. The fourth-order valence-corrected chi connectivity index (χ4v) is 3.90. The van der Waals surface area contributed by atoms with E-state index in [0.29, 0.717) is 22.3 Å². The van der Waals surface area contributed by atoms with E-state index in [1.807, 2.05) is 6.07 Å². The highest BCUT2D eigenvalue weighted by Gasteiger charge is 2.44. The molecule has 0 aliphatic carbocycles. The van der Waals surface area contributed by atoms with Gasteiger partial charge in [0, 0.05) is 18.1 Å². The molecule has 2 aromatic carbocycles. The van der Waals surface area contributed by atoms with Gasteiger partial charge in [0.1, 0.15) is 5.57 Å². The van der Waals surface area contributed by atoms with Gasteiger partial charge in [-0.25, -0.2) is 4.79 Å². The van der Waals surface area contributed by atoms with Crippen molar-refractivity contribution in [3.05, 3.63) is 76.9 Å². The van der Waals surface area contributed by atoms with E-state index in [2.05, 4.69) is 6.07 Å². The quantitative estimate of drug-likeness (QED) is 0.435. The van der Waals surface area contributed by atoms with E-state index in [1.54, 1.807) is 61.0 Å². The Labute approximate surface area is 171 Å². The first-order chi connectivity index (χ1) is 13.5. The minimum atomic E-state index is -0.675. The maximum atomic E-state index is 13.1. The monoisotopic (exact) mass is 409 g/mol. The first-order valence-corrected chi connectivity index (χ1v) is 10.5. The van der Waals surface area contributed by atoms with E-state index in [-0.39, 0.29) is 5.57 Å². The van der Waals surface area contributed by atoms with Crippen LogP contribution in [0.4, 0.5) is 4.79 Å². The van der Waals surface area contributed by atoms with Crippen LogP contribution < -0.4 is 0 Å². The summed E-state index contributed by atoms with van der Waals surface area (Å²) >= 11 is 1.90. The third-order valence-electron chi connectivity index (χ3n) is 4.12. The summed E-state index contributed by atoms with van der Waals surface area (Å²) in [6, 6.07) is 17.1. The third kappa shape index (κ3) is 3.42. The number of nitriles is 1. The van der Waals surface area contributed by atoms with Crippen molar-refractivity contribution in [1.82, 2.24) is 8.61 Å². The lowest BCUT2D eigenvalue weighted by atomic mass is 9.91. The molecule has 4 amide bonds. The number of nitrogens with zero attached hydrogens (tertiary/aromatic N) is 3. The summed E-state index contributed by atoms with van der Waals surface area (Å²) in [6.07, 6.45) is 3.21. The van der Waals surface area contributed by atoms with Crippen molar-refractivity contribution in [1.29, 1.82) is 5.26 Å². The lowest BCUT2D eigenvalue weighted by Crippen LogP contribution is -2.50. The van der Waals surface area contributed by atoms with Crippen molar-refractivity contribution in [2.45, 2.75) is 0 Å². The van der Waals surface area contributed by atoms with Crippen molar-refractivity contribution >= 4 is 47.3 Å². The van der Waals surface area contributed by atoms with Gasteiger partial charge in [0.15, 0.2) is 0 Å². The van der Waals surface area contributed by atoms with E-state index in [4.69, 9.17) is 5.26 Å². The number of carbonyl (C=O) groups excluding carboxylic acids is 3. The summed E-state index contributed by atoms with van der Waals surface area (Å²) < 4.78 is 1.94. The first kappa shape index (κ1) is 19.7. The molecule has 0 aromatic heterocycles. The van der Waals surface area contributed by atoms with Crippen molar-refractivity contribution in [2.75, 3.05) is 12.5 Å². The minimum absolute atomic E-state index is 0.0841. The Bertz CT molecular complexity index is 983. The van der Waals surface area contributed by atoms with Gasteiger partial charge in [0.05, 0.1) is 11.6 Å². The summed E-state index contributed by atoms with van der Waals surface area (Å²) in [5, 5.41) is 9.05. The zero-order valence-electron chi connectivity index (χ0n) is 15.1. The van der Waals surface area contributed by atoms with Gasteiger partial charge in [-0.3, -0.25) is 9.59 Å². The molecule has 6 nitrogen and oxygen atoms in total. The van der Waals surface area contributed by atoms with Crippen molar-refractivity contribution in [3.63, 3.8) is 0 Å². The van der Waals surface area contributed by atoms with Gasteiger partial charge in [-0.05, 0) is 47.2 Å². The topological polar surface area (TPSA) is 81.5 Å². The van der Waals surface area contributed by atoms with Crippen LogP contribution in [0.25, 0.3) is 5.57 Å². The molecule has 1 fully saturated rings. The predicted octanol–water partition coefficient (Wildman–Crippen LogP) is 3.71. The van der Waals surface area contributed by atoms with Crippen molar-refractivity contribution in [3.8, 4) is 6.07 Å². The second-order valence-corrected chi connectivity index (χ2v) is 7.11. The Kier molecular flexibility index (Phi) is 5.87. The number of carbonyl (C=O) groups is 3. The molecule has 1 aliphatic heterocycles. The molecule has 1 aliphatic rings. The lowest BCUT2D eigenvalue weighted by molar-refractivity contribution is -0.129. The fourth-order valence-electron chi connectivity index (χ4n) is 2.86. The van der Waals surface area contributed by atoms with Crippen LogP contribution in [0, 0.1) is 11.3 Å². The summed E-state index contributed by atoms with van der Waals surface area (Å²) in [4.78, 5) is 38.6. The largest absolute Gasteiger partial charge is 0.354 e. The van der Waals surface area contributed by atoms with Gasteiger partial charge in [-0.1, -0.05) is 42.5 Å². The Morgan fingerprint density at radius 1 is 0.821 bits per heavy atom. The number of benzene rings is 2. The standard InChI is InChI=1S/C20H15N3O3S2/c1-27-22-18(24)17(19(25)23(28-2)20(22)26)16(14-6-4-3-5-7-14)15-10-8-13(12-21)9-11-15/h3-11H,1-2H3. The lowest BCUT2D eigenvalue weighted by Gasteiger charge is -2.31. The third-order valence-corrected chi connectivity index (χ3v) is 5.50. The van der Waals surface area contributed by atoms with Crippen LogP contribution in [0.3, 0.4) is 0 Å². The highest BCUT2D eigenvalue weighted by Crippen LogP contribution is 2.35. The molecule has 0 saturated carbocycles. The molecule has 0 bridgehead atoms. The molecule has 0 unspecified atom stereocenters. The molecule has 0 atom stereocenters. The van der Waals surface area contributed by atoms with E-state index in [0.717, 1.165) is 32.5 Å². The highest BCUT2D eigenvalue weighted by atomic mass is 32.2. The van der Waals surface area contributed by atoms with E-state index in [9.17, 15) is 14.4 Å².